The van der Waals surface area contributed by atoms with Gasteiger partial charge in [-0.05, 0) is 42.8 Å². The number of amides is 1. The predicted molar refractivity (Wildman–Crippen MR) is 118 cm³/mol. The van der Waals surface area contributed by atoms with Crippen molar-refractivity contribution in [2.45, 2.75) is 19.5 Å². The fourth-order valence-electron chi connectivity index (χ4n) is 3.78. The Labute approximate surface area is 187 Å². The SMILES string of the molecule is COc1ccccc1C1/C(=C(\O)c2ccc(Br)c(C)c2)C(=O)C(=O)N1Cc1ccco1. The number of hydrogen-bond donors (Lipinski definition) is 1. The molecular formula is C24H20BrNO5. The number of likely N-dealkylation sites (tertiary alicyclic amines) is 1. The molecule has 1 unspecified atom stereocenters. The van der Waals surface area contributed by atoms with Crippen LogP contribution in [0.15, 0.2) is 75.3 Å². The monoisotopic (exact) mass is 481 g/mol. The number of carbonyl (C=O) groups is 2. The smallest absolute Gasteiger partial charge is 0.296 e. The van der Waals surface area contributed by atoms with Gasteiger partial charge in [0.05, 0.1) is 31.5 Å². The van der Waals surface area contributed by atoms with E-state index in [-0.39, 0.29) is 17.9 Å². The molecule has 4 rings (SSSR count). The summed E-state index contributed by atoms with van der Waals surface area (Å²) < 4.78 is 11.8. The lowest BCUT2D eigenvalue weighted by Gasteiger charge is -2.25. The summed E-state index contributed by atoms with van der Waals surface area (Å²) in [5.74, 6) is -0.645. The van der Waals surface area contributed by atoms with E-state index in [1.807, 2.05) is 6.92 Å². The third-order valence-corrected chi connectivity index (χ3v) is 6.20. The van der Waals surface area contributed by atoms with E-state index in [1.54, 1.807) is 54.6 Å². The molecule has 1 amide bonds. The van der Waals surface area contributed by atoms with Gasteiger partial charge >= 0.3 is 0 Å². The lowest BCUT2D eigenvalue weighted by Crippen LogP contribution is -2.29. The van der Waals surface area contributed by atoms with Crippen molar-refractivity contribution in [2.24, 2.45) is 0 Å². The lowest BCUT2D eigenvalue weighted by molar-refractivity contribution is -0.140. The number of carbonyl (C=O) groups excluding carboxylic acids is 2. The molecule has 3 aromatic rings. The number of Topliss-reactive ketones (excluding diaryl/α,β-unsaturated/α-hetero) is 1. The van der Waals surface area contributed by atoms with Crippen LogP contribution in [-0.2, 0) is 16.1 Å². The molecule has 1 N–H and O–H groups in total. The maximum atomic E-state index is 13.1. The number of hydrogen-bond acceptors (Lipinski definition) is 5. The quantitative estimate of drug-likeness (QED) is 0.315. The fourth-order valence-corrected chi connectivity index (χ4v) is 4.02. The molecule has 0 aliphatic carbocycles. The molecule has 2 aromatic carbocycles. The van der Waals surface area contributed by atoms with Crippen LogP contribution >= 0.6 is 15.9 Å². The predicted octanol–water partition coefficient (Wildman–Crippen LogP) is 4.98. The third-order valence-electron chi connectivity index (χ3n) is 5.31. The Morgan fingerprint density at radius 3 is 2.61 bits per heavy atom. The minimum absolute atomic E-state index is 0.0165. The Hall–Kier alpha value is -3.32. The van der Waals surface area contributed by atoms with E-state index in [2.05, 4.69) is 15.9 Å². The number of aryl methyl sites for hydroxylation is 1. The summed E-state index contributed by atoms with van der Waals surface area (Å²) in [7, 11) is 1.52. The van der Waals surface area contributed by atoms with Crippen LogP contribution in [0.1, 0.15) is 28.5 Å². The molecule has 1 aliphatic heterocycles. The second-order valence-electron chi connectivity index (χ2n) is 7.21. The van der Waals surface area contributed by atoms with Crippen LogP contribution in [0.3, 0.4) is 0 Å². The van der Waals surface area contributed by atoms with Gasteiger partial charge in [-0.3, -0.25) is 9.59 Å². The second-order valence-corrected chi connectivity index (χ2v) is 8.07. The first-order valence-electron chi connectivity index (χ1n) is 9.62. The van der Waals surface area contributed by atoms with Crippen molar-refractivity contribution in [3.8, 4) is 5.75 Å². The Balaban J connectivity index is 1.92. The van der Waals surface area contributed by atoms with Crippen molar-refractivity contribution in [3.63, 3.8) is 0 Å². The molecule has 1 saturated heterocycles. The van der Waals surface area contributed by atoms with Crippen LogP contribution in [0.5, 0.6) is 5.75 Å². The van der Waals surface area contributed by atoms with Crippen LogP contribution in [0, 0.1) is 6.92 Å². The van der Waals surface area contributed by atoms with Gasteiger partial charge in [-0.2, -0.15) is 0 Å². The number of ether oxygens (including phenoxy) is 1. The fraction of sp³-hybridized carbons (Fsp3) is 0.167. The lowest BCUT2D eigenvalue weighted by atomic mass is 9.94. The van der Waals surface area contributed by atoms with E-state index < -0.39 is 17.7 Å². The summed E-state index contributed by atoms with van der Waals surface area (Å²) in [5, 5.41) is 11.2. The standard InChI is InChI=1S/C24H20BrNO5/c1-14-12-15(9-10-18(14)25)22(27)20-21(17-7-3-4-8-19(17)30-2)26(24(29)23(20)28)13-16-6-5-11-31-16/h3-12,21,27H,13H2,1-2H3/b22-20+. The summed E-state index contributed by atoms with van der Waals surface area (Å²) >= 11 is 3.44. The molecule has 1 aromatic heterocycles. The van der Waals surface area contributed by atoms with Gasteiger partial charge in [0, 0.05) is 15.6 Å². The maximum Gasteiger partial charge on any atom is 0.296 e. The highest BCUT2D eigenvalue weighted by atomic mass is 79.9. The molecular weight excluding hydrogens is 462 g/mol. The molecule has 1 fully saturated rings. The van der Waals surface area contributed by atoms with Gasteiger partial charge in [0.25, 0.3) is 11.7 Å². The van der Waals surface area contributed by atoms with Gasteiger partial charge < -0.3 is 19.2 Å². The van der Waals surface area contributed by atoms with Crippen molar-refractivity contribution in [1.29, 1.82) is 0 Å². The molecule has 158 valence electrons. The number of rotatable bonds is 5. The number of aliphatic hydroxyl groups excluding tert-OH is 1. The number of halogens is 1. The molecule has 0 spiro atoms. The van der Waals surface area contributed by atoms with Gasteiger partial charge in [-0.15, -0.1) is 0 Å². The first kappa shape index (κ1) is 20.9. The average Bonchev–Trinajstić information content (AvgIpc) is 3.37. The number of benzene rings is 2. The third kappa shape index (κ3) is 3.77. The van der Waals surface area contributed by atoms with Crippen molar-refractivity contribution in [1.82, 2.24) is 4.90 Å². The number of methoxy groups -OCH3 is 1. The summed E-state index contributed by atoms with van der Waals surface area (Å²) in [6, 6.07) is 15.0. The van der Waals surface area contributed by atoms with Gasteiger partial charge in [-0.25, -0.2) is 0 Å². The molecule has 6 nitrogen and oxygen atoms in total. The highest BCUT2D eigenvalue weighted by molar-refractivity contribution is 9.10. The topological polar surface area (TPSA) is 80.0 Å². The molecule has 31 heavy (non-hydrogen) atoms. The minimum Gasteiger partial charge on any atom is -0.507 e. The molecule has 0 radical (unpaired) electrons. The zero-order valence-electron chi connectivity index (χ0n) is 17.0. The van der Waals surface area contributed by atoms with E-state index >= 15 is 0 Å². The maximum absolute atomic E-state index is 13.1. The molecule has 0 saturated carbocycles. The first-order chi connectivity index (χ1) is 14.9. The minimum atomic E-state index is -0.829. The van der Waals surface area contributed by atoms with Gasteiger partial charge in [0.15, 0.2) is 0 Å². The Bertz CT molecular complexity index is 1180. The van der Waals surface area contributed by atoms with Gasteiger partial charge in [0.1, 0.15) is 17.3 Å². The summed E-state index contributed by atoms with van der Waals surface area (Å²) in [5.41, 5.74) is 1.97. The van der Waals surface area contributed by atoms with Crippen LogP contribution in [0.4, 0.5) is 0 Å². The Morgan fingerprint density at radius 1 is 1.16 bits per heavy atom. The van der Waals surface area contributed by atoms with Crippen LogP contribution < -0.4 is 4.74 Å². The molecule has 7 heteroatoms. The van der Waals surface area contributed by atoms with Crippen LogP contribution in [-0.4, -0.2) is 28.8 Å². The van der Waals surface area contributed by atoms with Crippen LogP contribution in [0.2, 0.25) is 0 Å². The number of nitrogens with zero attached hydrogens (tertiary/aromatic N) is 1. The highest BCUT2D eigenvalue weighted by Crippen LogP contribution is 2.43. The van der Waals surface area contributed by atoms with Gasteiger partial charge in [-0.1, -0.05) is 40.2 Å². The van der Waals surface area contributed by atoms with Crippen molar-refractivity contribution in [3.05, 3.63) is 93.4 Å². The average molecular weight is 482 g/mol. The molecule has 1 atom stereocenters. The number of aliphatic hydroxyl groups is 1. The van der Waals surface area contributed by atoms with Crippen molar-refractivity contribution < 1.29 is 23.8 Å². The largest absolute Gasteiger partial charge is 0.507 e. The summed E-state index contributed by atoms with van der Waals surface area (Å²) in [6.07, 6.45) is 1.51. The number of furan rings is 1. The second kappa shape index (κ2) is 8.43. The van der Waals surface area contributed by atoms with Crippen LogP contribution in [0.25, 0.3) is 5.76 Å². The molecule has 0 bridgehead atoms. The van der Waals surface area contributed by atoms with Crippen molar-refractivity contribution in [2.75, 3.05) is 7.11 Å². The first-order valence-corrected chi connectivity index (χ1v) is 10.4. The Kier molecular flexibility index (Phi) is 5.69. The number of para-hydroxylation sites is 1. The van der Waals surface area contributed by atoms with Gasteiger partial charge in [0.2, 0.25) is 0 Å². The zero-order valence-corrected chi connectivity index (χ0v) is 18.5. The Morgan fingerprint density at radius 2 is 1.94 bits per heavy atom. The highest BCUT2D eigenvalue weighted by Gasteiger charge is 2.47. The van der Waals surface area contributed by atoms with E-state index in [9.17, 15) is 14.7 Å². The zero-order chi connectivity index (χ0) is 22.1. The van der Waals surface area contributed by atoms with Crippen molar-refractivity contribution >= 4 is 33.4 Å². The normalized spacial score (nSPS) is 17.9. The van der Waals surface area contributed by atoms with E-state index in [0.717, 1.165) is 10.0 Å². The molecule has 1 aliphatic rings. The van der Waals surface area contributed by atoms with E-state index in [0.29, 0.717) is 22.6 Å². The summed E-state index contributed by atoms with van der Waals surface area (Å²) in [4.78, 5) is 27.5. The summed E-state index contributed by atoms with van der Waals surface area (Å²) in [6.45, 7) is 1.96. The van der Waals surface area contributed by atoms with E-state index in [4.69, 9.17) is 9.15 Å². The number of ketones is 1. The molecule has 2 heterocycles. The van der Waals surface area contributed by atoms with E-state index in [1.165, 1.54) is 18.3 Å².